The van der Waals surface area contributed by atoms with E-state index in [1.54, 1.807) is 6.20 Å². The highest BCUT2D eigenvalue weighted by Crippen LogP contribution is 2.34. The van der Waals surface area contributed by atoms with Crippen LogP contribution in [-0.4, -0.2) is 32.2 Å². The van der Waals surface area contributed by atoms with Crippen molar-refractivity contribution in [3.05, 3.63) is 54.1 Å². The van der Waals surface area contributed by atoms with Gasteiger partial charge in [0.1, 0.15) is 36.4 Å². The Morgan fingerprint density at radius 2 is 2.14 bits per heavy atom. The molecule has 2 N–H and O–H groups in total. The summed E-state index contributed by atoms with van der Waals surface area (Å²) in [4.78, 5) is 12.7. The van der Waals surface area contributed by atoms with Crippen molar-refractivity contribution in [3.63, 3.8) is 0 Å². The number of ether oxygens (including phenoxy) is 2. The predicted octanol–water partition coefficient (Wildman–Crippen LogP) is 3.97. The number of nitrogen functional groups attached to an aromatic ring is 1. The van der Waals surface area contributed by atoms with Crippen molar-refractivity contribution in [2.45, 2.75) is 25.2 Å². The van der Waals surface area contributed by atoms with Gasteiger partial charge in [-0.3, -0.25) is 4.98 Å². The van der Waals surface area contributed by atoms with Crippen molar-refractivity contribution >= 4 is 39.4 Å². The largest absolute Gasteiger partial charge is 0.489 e. The zero-order chi connectivity index (χ0) is 19.1. The Morgan fingerprint density at radius 3 is 3.07 bits per heavy atom. The fourth-order valence-electron chi connectivity index (χ4n) is 3.60. The third-order valence-electron chi connectivity index (χ3n) is 5.02. The maximum absolute atomic E-state index is 6.36. The minimum absolute atomic E-state index is 0.0304. The second-order valence-electron chi connectivity index (χ2n) is 6.80. The number of hydrogen-bond acceptors (Lipinski definition) is 6. The first-order chi connectivity index (χ1) is 13.7. The molecule has 0 bridgehead atoms. The van der Waals surface area contributed by atoms with Gasteiger partial charge in [0.25, 0.3) is 0 Å². The Hall–Kier alpha value is -2.90. The highest BCUT2D eigenvalue weighted by atomic mass is 35.5. The molecule has 0 spiro atoms. The van der Waals surface area contributed by atoms with E-state index in [1.165, 1.54) is 6.33 Å². The van der Waals surface area contributed by atoms with E-state index in [1.807, 2.05) is 41.1 Å². The van der Waals surface area contributed by atoms with Gasteiger partial charge in [-0.25, -0.2) is 9.97 Å². The highest BCUT2D eigenvalue weighted by Gasteiger charge is 2.28. The lowest BCUT2D eigenvalue weighted by Crippen LogP contribution is -2.18. The third-order valence-corrected chi connectivity index (χ3v) is 5.31. The molecule has 8 heteroatoms. The lowest BCUT2D eigenvalue weighted by atomic mass is 10.2. The van der Waals surface area contributed by atoms with E-state index in [0.717, 1.165) is 34.8 Å². The minimum Gasteiger partial charge on any atom is -0.489 e. The first-order valence-corrected chi connectivity index (χ1v) is 9.46. The molecule has 4 heterocycles. The molecule has 28 heavy (non-hydrogen) atoms. The Balaban J connectivity index is 1.29. The molecular weight excluding hydrogens is 378 g/mol. The first kappa shape index (κ1) is 17.2. The van der Waals surface area contributed by atoms with Crippen molar-refractivity contribution in [2.75, 3.05) is 12.3 Å². The quantitative estimate of drug-likeness (QED) is 0.562. The van der Waals surface area contributed by atoms with E-state index in [2.05, 4.69) is 15.0 Å². The summed E-state index contributed by atoms with van der Waals surface area (Å²) in [5.74, 6) is 1.09. The van der Waals surface area contributed by atoms with Gasteiger partial charge in [0.05, 0.1) is 22.0 Å². The van der Waals surface area contributed by atoms with Gasteiger partial charge in [-0.05, 0) is 31.0 Å². The lowest BCUT2D eigenvalue weighted by Gasteiger charge is -2.17. The van der Waals surface area contributed by atoms with Crippen molar-refractivity contribution < 1.29 is 9.47 Å². The van der Waals surface area contributed by atoms with E-state index in [4.69, 9.17) is 26.8 Å². The Kier molecular flexibility index (Phi) is 4.26. The molecule has 3 aromatic heterocycles. The number of nitrogens with two attached hydrogens (primary N) is 1. The van der Waals surface area contributed by atoms with Gasteiger partial charge < -0.3 is 19.8 Å². The molecule has 1 saturated heterocycles. The van der Waals surface area contributed by atoms with Gasteiger partial charge in [-0.15, -0.1) is 0 Å². The molecule has 0 aliphatic carbocycles. The van der Waals surface area contributed by atoms with Gasteiger partial charge in [0.2, 0.25) is 0 Å². The van der Waals surface area contributed by atoms with Crippen LogP contribution in [0.5, 0.6) is 5.75 Å². The molecule has 1 aliphatic rings. The normalized spacial score (nSPS) is 19.5. The van der Waals surface area contributed by atoms with E-state index in [0.29, 0.717) is 23.2 Å². The van der Waals surface area contributed by atoms with Gasteiger partial charge >= 0.3 is 0 Å². The molecule has 7 nitrogen and oxygen atoms in total. The molecule has 0 saturated carbocycles. The number of aromatic nitrogens is 4. The summed E-state index contributed by atoms with van der Waals surface area (Å²) in [5.41, 5.74) is 7.55. The van der Waals surface area contributed by atoms with Crippen LogP contribution in [0, 0.1) is 0 Å². The standard InChI is InChI=1S/C20H18ClN5O2/c21-15-8-12-2-1-6-23-16(12)9-17(15)27-10-13-3-4-18(28-13)26-7-5-14-19(22)24-11-25-20(14)26/h1-2,5-9,11,13,18H,3-4,10H2,(H2,22,24,25). The van der Waals surface area contributed by atoms with E-state index >= 15 is 0 Å². The maximum Gasteiger partial charge on any atom is 0.147 e. The van der Waals surface area contributed by atoms with Gasteiger partial charge in [-0.2, -0.15) is 0 Å². The molecule has 2 atom stereocenters. The topological polar surface area (TPSA) is 88.1 Å². The summed E-state index contributed by atoms with van der Waals surface area (Å²) in [5, 5.41) is 2.39. The number of nitrogens with zero attached hydrogens (tertiary/aromatic N) is 4. The summed E-state index contributed by atoms with van der Waals surface area (Å²) in [7, 11) is 0. The average molecular weight is 396 g/mol. The molecule has 0 amide bonds. The van der Waals surface area contributed by atoms with Crippen LogP contribution in [0.2, 0.25) is 5.02 Å². The molecule has 142 valence electrons. The Morgan fingerprint density at radius 1 is 1.21 bits per heavy atom. The first-order valence-electron chi connectivity index (χ1n) is 9.08. The number of halogens is 1. The molecule has 1 aromatic carbocycles. The van der Waals surface area contributed by atoms with Crippen LogP contribution in [0.3, 0.4) is 0 Å². The SMILES string of the molecule is Nc1ncnc2c1ccn2C1CCC(COc2cc3ncccc3cc2Cl)O1. The van der Waals surface area contributed by atoms with Crippen LogP contribution >= 0.6 is 11.6 Å². The zero-order valence-corrected chi connectivity index (χ0v) is 15.7. The molecular formula is C20H18ClN5O2. The van der Waals surface area contributed by atoms with Crippen molar-refractivity contribution in [3.8, 4) is 5.75 Å². The third kappa shape index (κ3) is 3.02. The summed E-state index contributed by atoms with van der Waals surface area (Å²) < 4.78 is 14.1. The average Bonchev–Trinajstić information content (AvgIpc) is 3.34. The number of anilines is 1. The molecule has 5 rings (SSSR count). The van der Waals surface area contributed by atoms with Gasteiger partial charge in [0, 0.05) is 23.8 Å². The van der Waals surface area contributed by atoms with Crippen LogP contribution in [0.15, 0.2) is 49.1 Å². The monoisotopic (exact) mass is 395 g/mol. The smallest absolute Gasteiger partial charge is 0.147 e. The molecule has 0 radical (unpaired) electrons. The van der Waals surface area contributed by atoms with Crippen LogP contribution in [0.25, 0.3) is 21.9 Å². The highest BCUT2D eigenvalue weighted by molar-refractivity contribution is 6.32. The summed E-state index contributed by atoms with van der Waals surface area (Å²) in [6, 6.07) is 9.51. The minimum atomic E-state index is -0.103. The van der Waals surface area contributed by atoms with Gasteiger partial charge in [-0.1, -0.05) is 17.7 Å². The van der Waals surface area contributed by atoms with Crippen LogP contribution in [0.4, 0.5) is 5.82 Å². The number of rotatable bonds is 4. The molecule has 4 aromatic rings. The fourth-order valence-corrected chi connectivity index (χ4v) is 3.83. The van der Waals surface area contributed by atoms with Crippen LogP contribution in [0.1, 0.15) is 19.1 Å². The van der Waals surface area contributed by atoms with E-state index in [9.17, 15) is 0 Å². The Bertz CT molecular complexity index is 1160. The number of hydrogen-bond donors (Lipinski definition) is 1. The summed E-state index contributed by atoms with van der Waals surface area (Å²) in [6.45, 7) is 0.422. The van der Waals surface area contributed by atoms with Gasteiger partial charge in [0.15, 0.2) is 0 Å². The molecule has 1 aliphatic heterocycles. The maximum atomic E-state index is 6.36. The summed E-state index contributed by atoms with van der Waals surface area (Å²) >= 11 is 6.36. The van der Waals surface area contributed by atoms with Crippen LogP contribution in [-0.2, 0) is 4.74 Å². The predicted molar refractivity (Wildman–Crippen MR) is 107 cm³/mol. The second-order valence-corrected chi connectivity index (χ2v) is 7.21. The number of pyridine rings is 1. The number of benzene rings is 1. The van der Waals surface area contributed by atoms with E-state index < -0.39 is 0 Å². The molecule has 1 fully saturated rings. The molecule has 2 unspecified atom stereocenters. The van der Waals surface area contributed by atoms with E-state index in [-0.39, 0.29) is 12.3 Å². The Labute approximate surface area is 166 Å². The lowest BCUT2D eigenvalue weighted by molar-refractivity contribution is -0.0155. The summed E-state index contributed by atoms with van der Waals surface area (Å²) in [6.07, 6.45) is 6.78. The van der Waals surface area contributed by atoms with Crippen molar-refractivity contribution in [2.24, 2.45) is 0 Å². The van der Waals surface area contributed by atoms with Crippen molar-refractivity contribution in [1.29, 1.82) is 0 Å². The van der Waals surface area contributed by atoms with Crippen molar-refractivity contribution in [1.82, 2.24) is 19.5 Å². The van der Waals surface area contributed by atoms with Crippen LogP contribution < -0.4 is 10.5 Å². The zero-order valence-electron chi connectivity index (χ0n) is 15.0. The number of fused-ring (bicyclic) bond motifs is 2. The second kappa shape index (κ2) is 6.92. The fraction of sp³-hybridized carbons (Fsp3) is 0.250.